The number of fused-ring (bicyclic) bond motifs is 3. The van der Waals surface area contributed by atoms with Gasteiger partial charge in [0.15, 0.2) is 0 Å². The van der Waals surface area contributed by atoms with E-state index >= 15 is 0 Å². The monoisotopic (exact) mass is 534 g/mol. The maximum atomic E-state index is 11.3. The number of carbonyl (C=O) groups is 1. The smallest absolute Gasteiger partial charge is 0.303 e. The van der Waals surface area contributed by atoms with Gasteiger partial charge in [0, 0.05) is 6.26 Å². The molecule has 1 saturated carbocycles. The van der Waals surface area contributed by atoms with Gasteiger partial charge in [0.1, 0.15) is 27.9 Å². The Hall–Kier alpha value is -3.32. The normalized spacial score (nSPS) is 19.5. The highest BCUT2D eigenvalue weighted by atomic mass is 32.2. The van der Waals surface area contributed by atoms with Gasteiger partial charge >= 0.3 is 5.97 Å². The Labute approximate surface area is 224 Å². The van der Waals surface area contributed by atoms with E-state index in [0.29, 0.717) is 31.5 Å². The van der Waals surface area contributed by atoms with Crippen LogP contribution in [0.2, 0.25) is 0 Å². The minimum absolute atomic E-state index is 0.121. The molecule has 38 heavy (non-hydrogen) atoms. The van der Waals surface area contributed by atoms with E-state index < -0.39 is 15.8 Å². The van der Waals surface area contributed by atoms with E-state index in [4.69, 9.17) is 9.47 Å². The van der Waals surface area contributed by atoms with Crippen molar-refractivity contribution in [2.75, 3.05) is 18.6 Å². The fourth-order valence-electron chi connectivity index (χ4n) is 5.96. The molecule has 3 unspecified atom stereocenters. The van der Waals surface area contributed by atoms with Crippen LogP contribution in [-0.2, 0) is 21.2 Å². The molecule has 1 N–H and O–H groups in total. The zero-order valence-corrected chi connectivity index (χ0v) is 22.9. The second-order valence-electron chi connectivity index (χ2n) is 10.8. The molecule has 3 aromatic rings. The average Bonchev–Trinajstić information content (AvgIpc) is 3.58. The fourth-order valence-corrected chi connectivity index (χ4v) is 6.60. The molecule has 0 radical (unpaired) electrons. The Balaban J connectivity index is 1.25. The number of sulfone groups is 1. The van der Waals surface area contributed by atoms with Gasteiger partial charge in [-0.3, -0.25) is 4.79 Å². The Bertz CT molecular complexity index is 1450. The zero-order chi connectivity index (χ0) is 27.0. The molecule has 6 nitrogen and oxygen atoms in total. The van der Waals surface area contributed by atoms with Crippen LogP contribution in [0.25, 0.3) is 11.1 Å². The van der Waals surface area contributed by atoms with Gasteiger partial charge < -0.3 is 14.6 Å². The summed E-state index contributed by atoms with van der Waals surface area (Å²) < 4.78 is 34.6. The van der Waals surface area contributed by atoms with Gasteiger partial charge in [-0.15, -0.1) is 0 Å². The van der Waals surface area contributed by atoms with Crippen LogP contribution >= 0.6 is 0 Å². The van der Waals surface area contributed by atoms with Gasteiger partial charge in [-0.1, -0.05) is 24.3 Å². The Morgan fingerprint density at radius 1 is 0.974 bits per heavy atom. The van der Waals surface area contributed by atoms with Crippen molar-refractivity contribution in [1.29, 1.82) is 0 Å². The van der Waals surface area contributed by atoms with Gasteiger partial charge in [-0.25, -0.2) is 8.42 Å². The van der Waals surface area contributed by atoms with Crippen molar-refractivity contribution in [1.82, 2.24) is 0 Å². The molecule has 0 aliphatic heterocycles. The highest BCUT2D eigenvalue weighted by Gasteiger charge is 2.52. The van der Waals surface area contributed by atoms with Crippen molar-refractivity contribution in [2.24, 2.45) is 5.92 Å². The van der Waals surface area contributed by atoms with Crippen molar-refractivity contribution in [3.8, 4) is 22.6 Å². The zero-order valence-electron chi connectivity index (χ0n) is 22.1. The largest absolute Gasteiger partial charge is 0.494 e. The SMILES string of the molecule is Cc1cc(OCCCS(C)(=O)=O)cc(C)c1-c1cccc(COc2ccc3c(c2)C2CC2C3CC(=O)O)c1. The number of benzene rings is 3. The first kappa shape index (κ1) is 26.3. The second-order valence-corrected chi connectivity index (χ2v) is 13.0. The van der Waals surface area contributed by atoms with Crippen molar-refractivity contribution in [3.63, 3.8) is 0 Å². The van der Waals surface area contributed by atoms with Crippen LogP contribution in [0.5, 0.6) is 11.5 Å². The van der Waals surface area contributed by atoms with E-state index in [1.165, 1.54) is 17.4 Å². The van der Waals surface area contributed by atoms with Gasteiger partial charge in [-0.05, 0) is 114 Å². The quantitative estimate of drug-likeness (QED) is 0.302. The molecule has 0 heterocycles. The third kappa shape index (κ3) is 5.88. The van der Waals surface area contributed by atoms with E-state index in [1.807, 2.05) is 24.3 Å². The van der Waals surface area contributed by atoms with Gasteiger partial charge in [0.25, 0.3) is 0 Å². The van der Waals surface area contributed by atoms with Crippen molar-refractivity contribution >= 4 is 15.8 Å². The predicted octanol–water partition coefficient (Wildman–Crippen LogP) is 6.04. The molecular formula is C31H34O6S. The number of aryl methyl sites for hydroxylation is 2. The lowest BCUT2D eigenvalue weighted by Crippen LogP contribution is -2.08. The molecule has 200 valence electrons. The van der Waals surface area contributed by atoms with Gasteiger partial charge in [0.2, 0.25) is 0 Å². The highest BCUT2D eigenvalue weighted by molar-refractivity contribution is 7.90. The maximum absolute atomic E-state index is 11.3. The summed E-state index contributed by atoms with van der Waals surface area (Å²) in [6.45, 7) is 4.92. The first-order valence-corrected chi connectivity index (χ1v) is 15.1. The molecule has 7 heteroatoms. The van der Waals surface area contributed by atoms with E-state index in [1.54, 1.807) is 0 Å². The third-order valence-electron chi connectivity index (χ3n) is 7.66. The Kier molecular flexibility index (Phi) is 7.23. The lowest BCUT2D eigenvalue weighted by molar-refractivity contribution is -0.137. The molecular weight excluding hydrogens is 500 g/mol. The molecule has 0 bridgehead atoms. The van der Waals surface area contributed by atoms with E-state index in [2.05, 4.69) is 44.2 Å². The first-order valence-electron chi connectivity index (χ1n) is 13.1. The molecule has 2 aliphatic rings. The van der Waals surface area contributed by atoms with E-state index in [-0.39, 0.29) is 18.1 Å². The van der Waals surface area contributed by atoms with Crippen LogP contribution in [-0.4, -0.2) is 38.1 Å². The average molecular weight is 535 g/mol. The maximum Gasteiger partial charge on any atom is 0.303 e. The lowest BCUT2D eigenvalue weighted by atomic mass is 9.93. The molecule has 1 fully saturated rings. The molecule has 0 saturated heterocycles. The highest BCUT2D eigenvalue weighted by Crippen LogP contribution is 2.64. The second kappa shape index (κ2) is 10.4. The predicted molar refractivity (Wildman–Crippen MR) is 148 cm³/mol. The number of carboxylic acid groups (broad SMARTS) is 1. The van der Waals surface area contributed by atoms with Gasteiger partial charge in [-0.2, -0.15) is 0 Å². The molecule has 2 aliphatic carbocycles. The first-order chi connectivity index (χ1) is 18.1. The summed E-state index contributed by atoms with van der Waals surface area (Å²) in [6.07, 6.45) is 2.99. The van der Waals surface area contributed by atoms with Crippen LogP contribution < -0.4 is 9.47 Å². The molecule has 3 atom stereocenters. The van der Waals surface area contributed by atoms with Crippen LogP contribution in [0.15, 0.2) is 54.6 Å². The van der Waals surface area contributed by atoms with Gasteiger partial charge in [0.05, 0.1) is 18.8 Å². The van der Waals surface area contributed by atoms with E-state index in [9.17, 15) is 18.3 Å². The minimum Gasteiger partial charge on any atom is -0.494 e. The number of carboxylic acids is 1. The molecule has 0 aromatic heterocycles. The number of hydrogen-bond acceptors (Lipinski definition) is 5. The van der Waals surface area contributed by atoms with Crippen LogP contribution in [0.3, 0.4) is 0 Å². The van der Waals surface area contributed by atoms with E-state index in [0.717, 1.165) is 45.7 Å². The topological polar surface area (TPSA) is 89.9 Å². The van der Waals surface area contributed by atoms with Crippen LogP contribution in [0.1, 0.15) is 58.9 Å². The molecule has 3 aromatic carbocycles. The van der Waals surface area contributed by atoms with Crippen molar-refractivity contribution < 1.29 is 27.8 Å². The van der Waals surface area contributed by atoms with Crippen LogP contribution in [0.4, 0.5) is 0 Å². The summed E-state index contributed by atoms with van der Waals surface area (Å²) in [6, 6.07) is 18.5. The Morgan fingerprint density at radius 2 is 1.74 bits per heavy atom. The molecule has 0 amide bonds. The lowest BCUT2D eigenvalue weighted by Gasteiger charge is -2.16. The summed E-state index contributed by atoms with van der Waals surface area (Å²) in [5.74, 6) is 2.05. The summed E-state index contributed by atoms with van der Waals surface area (Å²) >= 11 is 0. The number of rotatable bonds is 11. The number of aliphatic carboxylic acids is 1. The molecule has 5 rings (SSSR count). The third-order valence-corrected chi connectivity index (χ3v) is 8.69. The summed E-state index contributed by atoms with van der Waals surface area (Å²) in [5, 5.41) is 9.27. The summed E-state index contributed by atoms with van der Waals surface area (Å²) in [5.41, 5.74) is 7.95. The minimum atomic E-state index is -2.98. The summed E-state index contributed by atoms with van der Waals surface area (Å²) in [4.78, 5) is 11.3. The number of ether oxygens (including phenoxy) is 2. The Morgan fingerprint density at radius 3 is 2.45 bits per heavy atom. The molecule has 0 spiro atoms. The standard InChI is InChI=1S/C31H34O6S/c1-19-12-24(36-10-5-11-38(3,34)35)13-20(2)31(19)22-7-4-6-21(14-22)18-37-23-8-9-25-26(15-23)27-16-28(27)29(25)17-30(32)33/h4,6-9,12-15,27-29H,5,10-11,16-18H2,1-3H3,(H,32,33). The number of hydrogen-bond donors (Lipinski definition) is 1. The van der Waals surface area contributed by atoms with Crippen LogP contribution in [0, 0.1) is 19.8 Å². The fraction of sp³-hybridized carbons (Fsp3) is 0.387. The summed E-state index contributed by atoms with van der Waals surface area (Å²) in [7, 11) is -2.98. The van der Waals surface area contributed by atoms with Crippen molar-refractivity contribution in [2.45, 2.75) is 51.6 Å². The van der Waals surface area contributed by atoms with Crippen molar-refractivity contribution in [3.05, 3.63) is 82.4 Å².